The molecule has 0 aliphatic carbocycles. The van der Waals surface area contributed by atoms with Crippen LogP contribution in [-0.2, 0) is 42.9 Å². The summed E-state index contributed by atoms with van der Waals surface area (Å²) in [5.41, 5.74) is 0. The average Bonchev–Trinajstić information content (AvgIpc) is 3.45. The van der Waals surface area contributed by atoms with Crippen molar-refractivity contribution in [1.82, 2.24) is 0 Å². The first-order valence-corrected chi connectivity index (χ1v) is 31.9. The third-order valence-corrected chi connectivity index (χ3v) is 13.8. The van der Waals surface area contributed by atoms with E-state index in [0.29, 0.717) is 19.3 Å². The smallest absolute Gasteiger partial charge is 0.335 e. The number of carbonyl (C=O) groups is 4. The quantitative estimate of drug-likeness (QED) is 0.0228. The molecule has 12 nitrogen and oxygen atoms in total. The average molecular weight is 1130 g/mol. The van der Waals surface area contributed by atoms with Crippen LogP contribution in [0.3, 0.4) is 0 Å². The van der Waals surface area contributed by atoms with E-state index in [1.54, 1.807) is 0 Å². The predicted molar refractivity (Wildman–Crippen MR) is 330 cm³/mol. The molecule has 12 heteroatoms. The molecule has 1 rings (SSSR count). The SMILES string of the molecule is CC/C=C\C/C=C\C/C=C\C/C=C\C/C=C\CCCCCC(=O)OCC(COC1OC(C(=O)O)C(O)C(O)C1OC(=O)CCCCCCCCCCC/C=C\C/C=C\CCCCC)OC(=O)CCCCCCC/C=C\C/C=C\CCC. The van der Waals surface area contributed by atoms with Gasteiger partial charge in [-0.2, -0.15) is 0 Å². The number of rotatable bonds is 53. The highest BCUT2D eigenvalue weighted by atomic mass is 16.7. The van der Waals surface area contributed by atoms with Crippen LogP contribution in [-0.4, -0.2) is 89.2 Å². The van der Waals surface area contributed by atoms with Crippen LogP contribution in [0.25, 0.3) is 0 Å². The van der Waals surface area contributed by atoms with Gasteiger partial charge in [0.25, 0.3) is 0 Å². The lowest BCUT2D eigenvalue weighted by Gasteiger charge is -2.40. The van der Waals surface area contributed by atoms with Crippen molar-refractivity contribution in [3.63, 3.8) is 0 Å². The van der Waals surface area contributed by atoms with E-state index in [4.69, 9.17) is 23.7 Å². The Hall–Kier alpha value is -4.62. The molecule has 1 heterocycles. The molecule has 1 fully saturated rings. The third-order valence-electron chi connectivity index (χ3n) is 13.8. The van der Waals surface area contributed by atoms with Crippen LogP contribution in [0, 0.1) is 0 Å². The van der Waals surface area contributed by atoms with Gasteiger partial charge in [0.15, 0.2) is 24.6 Å². The summed E-state index contributed by atoms with van der Waals surface area (Å²) in [4.78, 5) is 51.3. The minimum absolute atomic E-state index is 0.0458. The molecular formula is C69H112O12. The molecule has 0 aromatic rings. The Balaban J connectivity index is 2.68. The number of hydrogen-bond donors (Lipinski definition) is 3. The van der Waals surface area contributed by atoms with Gasteiger partial charge >= 0.3 is 23.9 Å². The van der Waals surface area contributed by atoms with Gasteiger partial charge in [-0.3, -0.25) is 14.4 Å². The van der Waals surface area contributed by atoms with Crippen LogP contribution in [0.4, 0.5) is 0 Å². The third kappa shape index (κ3) is 45.6. The van der Waals surface area contributed by atoms with Crippen LogP contribution in [0.2, 0.25) is 0 Å². The number of aliphatic hydroxyl groups is 2. The summed E-state index contributed by atoms with van der Waals surface area (Å²) in [6, 6.07) is 0. The number of ether oxygens (including phenoxy) is 5. The maximum atomic E-state index is 13.2. The van der Waals surface area contributed by atoms with Crippen molar-refractivity contribution in [3.05, 3.63) is 109 Å². The number of hydrogen-bond acceptors (Lipinski definition) is 11. The van der Waals surface area contributed by atoms with Gasteiger partial charge in [-0.05, 0) is 122 Å². The number of unbranched alkanes of at least 4 members (excludes halogenated alkanes) is 21. The molecule has 0 aromatic carbocycles. The highest BCUT2D eigenvalue weighted by Crippen LogP contribution is 2.26. The van der Waals surface area contributed by atoms with E-state index >= 15 is 0 Å². The van der Waals surface area contributed by atoms with Gasteiger partial charge in [-0.1, -0.05) is 220 Å². The molecule has 1 aliphatic heterocycles. The van der Waals surface area contributed by atoms with Gasteiger partial charge in [0.2, 0.25) is 0 Å². The Morgan fingerprint density at radius 2 is 0.802 bits per heavy atom. The second-order valence-corrected chi connectivity index (χ2v) is 21.3. The lowest BCUT2D eigenvalue weighted by molar-refractivity contribution is -0.301. The number of esters is 3. The summed E-state index contributed by atoms with van der Waals surface area (Å²) in [7, 11) is 0. The minimum Gasteiger partial charge on any atom is -0.479 e. The van der Waals surface area contributed by atoms with E-state index in [1.807, 2.05) is 0 Å². The van der Waals surface area contributed by atoms with Gasteiger partial charge in [0.1, 0.15) is 18.8 Å². The second-order valence-electron chi connectivity index (χ2n) is 21.3. The molecule has 6 unspecified atom stereocenters. The zero-order chi connectivity index (χ0) is 58.9. The topological polar surface area (TPSA) is 175 Å². The van der Waals surface area contributed by atoms with Crippen molar-refractivity contribution in [1.29, 1.82) is 0 Å². The predicted octanol–water partition coefficient (Wildman–Crippen LogP) is 17.0. The van der Waals surface area contributed by atoms with E-state index in [2.05, 4.69) is 130 Å². The number of allylic oxidation sites excluding steroid dienone is 18. The molecule has 460 valence electrons. The zero-order valence-corrected chi connectivity index (χ0v) is 50.7. The van der Waals surface area contributed by atoms with Crippen LogP contribution >= 0.6 is 0 Å². The number of aliphatic carboxylic acids is 1. The maximum Gasteiger partial charge on any atom is 0.335 e. The molecule has 0 spiro atoms. The molecule has 6 atom stereocenters. The van der Waals surface area contributed by atoms with Crippen molar-refractivity contribution in [2.24, 2.45) is 0 Å². The van der Waals surface area contributed by atoms with Crippen LogP contribution in [0.5, 0.6) is 0 Å². The molecule has 0 aromatic heterocycles. The first-order chi connectivity index (χ1) is 39.6. The highest BCUT2D eigenvalue weighted by molar-refractivity contribution is 5.74. The first-order valence-electron chi connectivity index (χ1n) is 31.9. The summed E-state index contributed by atoms with van der Waals surface area (Å²) in [6.45, 7) is 5.76. The van der Waals surface area contributed by atoms with Crippen molar-refractivity contribution in [2.75, 3.05) is 13.2 Å². The Bertz CT molecular complexity index is 1820. The van der Waals surface area contributed by atoms with Crippen LogP contribution in [0.1, 0.15) is 252 Å². The normalized spacial score (nSPS) is 18.5. The highest BCUT2D eigenvalue weighted by Gasteiger charge is 2.50. The van der Waals surface area contributed by atoms with Gasteiger partial charge in [0, 0.05) is 19.3 Å². The first kappa shape index (κ1) is 74.4. The van der Waals surface area contributed by atoms with E-state index < -0.39 is 67.3 Å². The number of carbonyl (C=O) groups excluding carboxylic acids is 3. The largest absolute Gasteiger partial charge is 0.479 e. The summed E-state index contributed by atoms with van der Waals surface area (Å²) in [5, 5.41) is 31.6. The Labute approximate surface area is 491 Å². The molecule has 0 amide bonds. The molecule has 3 N–H and O–H groups in total. The van der Waals surface area contributed by atoms with Crippen molar-refractivity contribution < 1.29 is 58.2 Å². The van der Waals surface area contributed by atoms with Crippen molar-refractivity contribution in [2.45, 2.75) is 289 Å². The number of aliphatic hydroxyl groups excluding tert-OH is 2. The van der Waals surface area contributed by atoms with Crippen LogP contribution < -0.4 is 0 Å². The molecule has 81 heavy (non-hydrogen) atoms. The number of carboxylic acid groups (broad SMARTS) is 1. The van der Waals surface area contributed by atoms with Gasteiger partial charge < -0.3 is 39.0 Å². The fourth-order valence-corrected chi connectivity index (χ4v) is 8.93. The Kier molecular flexibility index (Phi) is 51.3. The molecule has 0 radical (unpaired) electrons. The van der Waals surface area contributed by atoms with Crippen LogP contribution in [0.15, 0.2) is 109 Å². The molecular weight excluding hydrogens is 1020 g/mol. The standard InChI is InChI=1S/C69H112O12/c1-4-7-10-13-16-19-22-25-27-29-31-33-35-38-40-43-46-49-52-55-61(70)77-58-60(79-62(71)56-53-50-47-44-41-37-24-21-18-15-12-9-6-3)59-78-69-67(65(74)64(73)66(81-69)68(75)76)80-63(72)57-54-51-48-45-42-39-36-34-32-30-28-26-23-20-17-14-11-8-5-2/h7,10,12,15-17,19-21,24-28,31,33,38,40,60,64-67,69,73-74H,4-6,8-9,11,13-14,18,22-23,29-30,32,34-37,39,41-59H2,1-3H3,(H,75,76)/b10-7-,15-12-,19-16-,20-17-,24-21-,27-25-,28-26-,33-31-,40-38-. The molecule has 0 bridgehead atoms. The fraction of sp³-hybridized carbons (Fsp3) is 0.681. The zero-order valence-electron chi connectivity index (χ0n) is 50.7. The Morgan fingerprint density at radius 3 is 1.25 bits per heavy atom. The van der Waals surface area contributed by atoms with Gasteiger partial charge in [-0.15, -0.1) is 0 Å². The van der Waals surface area contributed by atoms with Crippen molar-refractivity contribution >= 4 is 23.9 Å². The van der Waals surface area contributed by atoms with Gasteiger partial charge in [-0.25, -0.2) is 4.79 Å². The monoisotopic (exact) mass is 1130 g/mol. The second kappa shape index (κ2) is 55.9. The summed E-state index contributed by atoms with van der Waals surface area (Å²) in [6.07, 6.45) is 63.3. The van der Waals surface area contributed by atoms with E-state index in [0.717, 1.165) is 141 Å². The summed E-state index contributed by atoms with van der Waals surface area (Å²) >= 11 is 0. The van der Waals surface area contributed by atoms with E-state index in [1.165, 1.54) is 51.4 Å². The van der Waals surface area contributed by atoms with E-state index in [-0.39, 0.29) is 25.9 Å². The lowest BCUT2D eigenvalue weighted by Crippen LogP contribution is -2.61. The molecule has 1 saturated heterocycles. The number of carboxylic acids is 1. The minimum atomic E-state index is -1.92. The molecule has 0 saturated carbocycles. The lowest BCUT2D eigenvalue weighted by atomic mass is 9.98. The molecule has 1 aliphatic rings. The van der Waals surface area contributed by atoms with Crippen molar-refractivity contribution in [3.8, 4) is 0 Å². The summed E-state index contributed by atoms with van der Waals surface area (Å²) in [5.74, 6) is -3.19. The van der Waals surface area contributed by atoms with E-state index in [9.17, 15) is 34.5 Å². The van der Waals surface area contributed by atoms with Gasteiger partial charge in [0.05, 0.1) is 6.61 Å². The Morgan fingerprint density at radius 1 is 0.420 bits per heavy atom. The maximum absolute atomic E-state index is 13.2. The fourth-order valence-electron chi connectivity index (χ4n) is 8.93. The summed E-state index contributed by atoms with van der Waals surface area (Å²) < 4.78 is 28.5.